The van der Waals surface area contributed by atoms with Gasteiger partial charge in [0.2, 0.25) is 0 Å². The predicted octanol–water partition coefficient (Wildman–Crippen LogP) is 4.15. The molecule has 0 saturated heterocycles. The van der Waals surface area contributed by atoms with Crippen molar-refractivity contribution in [1.29, 1.82) is 0 Å². The first kappa shape index (κ1) is 13.6. The van der Waals surface area contributed by atoms with Crippen molar-refractivity contribution in [1.82, 2.24) is 14.8 Å². The van der Waals surface area contributed by atoms with Crippen LogP contribution in [-0.2, 0) is 6.54 Å². The maximum Gasteiger partial charge on any atom is 0.135 e. The lowest BCUT2D eigenvalue weighted by atomic mass is 9.79. The van der Waals surface area contributed by atoms with Crippen molar-refractivity contribution in [3.8, 4) is 0 Å². The van der Waals surface area contributed by atoms with Crippen LogP contribution in [0.1, 0.15) is 77.0 Å². The summed E-state index contributed by atoms with van der Waals surface area (Å²) in [5, 5.41) is 8.46. The molecule has 1 aliphatic carbocycles. The second kappa shape index (κ2) is 6.91. The normalized spacial score (nSPS) is 24.3. The van der Waals surface area contributed by atoms with E-state index >= 15 is 0 Å². The largest absolute Gasteiger partial charge is 0.317 e. The third-order valence-electron chi connectivity index (χ3n) is 4.29. The maximum atomic E-state index is 4.36. The molecular formula is C15H27N3. The minimum atomic E-state index is 0.664. The average Bonchev–Trinajstić information content (AvgIpc) is 2.86. The molecule has 0 radical (unpaired) electrons. The van der Waals surface area contributed by atoms with E-state index in [1.807, 2.05) is 6.33 Å². The van der Waals surface area contributed by atoms with Crippen LogP contribution < -0.4 is 0 Å². The van der Waals surface area contributed by atoms with E-state index in [2.05, 4.69) is 28.6 Å². The highest BCUT2D eigenvalue weighted by Crippen LogP contribution is 2.36. The maximum absolute atomic E-state index is 4.36. The smallest absolute Gasteiger partial charge is 0.135 e. The van der Waals surface area contributed by atoms with Crippen LogP contribution in [0, 0.1) is 5.92 Å². The third-order valence-corrected chi connectivity index (χ3v) is 4.29. The fourth-order valence-electron chi connectivity index (χ4n) is 3.20. The molecule has 0 amide bonds. The molecule has 3 heteroatoms. The van der Waals surface area contributed by atoms with Crippen molar-refractivity contribution in [2.75, 3.05) is 0 Å². The van der Waals surface area contributed by atoms with Gasteiger partial charge in [0.05, 0.1) is 0 Å². The quantitative estimate of drug-likeness (QED) is 0.758. The zero-order valence-corrected chi connectivity index (χ0v) is 11.9. The minimum absolute atomic E-state index is 0.664. The SMILES string of the molecule is CCCCC1CCC(c2nncn2CCC)CC1. The van der Waals surface area contributed by atoms with Crippen LogP contribution >= 0.6 is 0 Å². The molecular weight excluding hydrogens is 222 g/mol. The van der Waals surface area contributed by atoms with Crippen LogP contribution in [0.4, 0.5) is 0 Å². The van der Waals surface area contributed by atoms with Crippen molar-refractivity contribution in [3.63, 3.8) is 0 Å². The molecule has 0 bridgehead atoms. The molecule has 0 unspecified atom stereocenters. The molecule has 0 N–H and O–H groups in total. The van der Waals surface area contributed by atoms with Crippen LogP contribution in [0.5, 0.6) is 0 Å². The highest BCUT2D eigenvalue weighted by Gasteiger charge is 2.25. The Balaban J connectivity index is 1.86. The molecule has 3 nitrogen and oxygen atoms in total. The molecule has 1 aliphatic rings. The summed E-state index contributed by atoms with van der Waals surface area (Å²) in [6.45, 7) is 5.57. The van der Waals surface area contributed by atoms with E-state index in [0.29, 0.717) is 5.92 Å². The van der Waals surface area contributed by atoms with Gasteiger partial charge in [-0.1, -0.05) is 33.1 Å². The molecule has 0 spiro atoms. The molecule has 2 rings (SSSR count). The van der Waals surface area contributed by atoms with Gasteiger partial charge < -0.3 is 4.57 Å². The summed E-state index contributed by atoms with van der Waals surface area (Å²) >= 11 is 0. The average molecular weight is 249 g/mol. The fourth-order valence-corrected chi connectivity index (χ4v) is 3.20. The van der Waals surface area contributed by atoms with Gasteiger partial charge in [0.25, 0.3) is 0 Å². The second-order valence-electron chi connectivity index (χ2n) is 5.74. The van der Waals surface area contributed by atoms with Crippen LogP contribution in [0.2, 0.25) is 0 Å². The lowest BCUT2D eigenvalue weighted by molar-refractivity contribution is 0.294. The number of aromatic nitrogens is 3. The van der Waals surface area contributed by atoms with Gasteiger partial charge in [-0.05, 0) is 38.0 Å². The number of hydrogen-bond donors (Lipinski definition) is 0. The highest BCUT2D eigenvalue weighted by molar-refractivity contribution is 4.98. The number of rotatable bonds is 6. The summed E-state index contributed by atoms with van der Waals surface area (Å²) < 4.78 is 2.26. The summed E-state index contributed by atoms with van der Waals surface area (Å²) in [6, 6.07) is 0. The number of nitrogens with zero attached hydrogens (tertiary/aromatic N) is 3. The summed E-state index contributed by atoms with van der Waals surface area (Å²) in [6.07, 6.45) is 12.7. The van der Waals surface area contributed by atoms with E-state index in [-0.39, 0.29) is 0 Å². The summed E-state index contributed by atoms with van der Waals surface area (Å²) in [7, 11) is 0. The molecule has 0 aromatic carbocycles. The minimum Gasteiger partial charge on any atom is -0.317 e. The molecule has 1 aromatic rings. The molecule has 1 heterocycles. The van der Waals surface area contributed by atoms with E-state index in [9.17, 15) is 0 Å². The second-order valence-corrected chi connectivity index (χ2v) is 5.74. The Bertz CT molecular complexity index is 337. The van der Waals surface area contributed by atoms with Crippen molar-refractivity contribution in [3.05, 3.63) is 12.2 Å². The van der Waals surface area contributed by atoms with Gasteiger partial charge in [-0.25, -0.2) is 0 Å². The Kier molecular flexibility index (Phi) is 5.21. The molecule has 1 aromatic heterocycles. The van der Waals surface area contributed by atoms with Gasteiger partial charge in [0.15, 0.2) is 0 Å². The topological polar surface area (TPSA) is 30.7 Å². The van der Waals surface area contributed by atoms with Gasteiger partial charge in [-0.15, -0.1) is 10.2 Å². The molecule has 0 aliphatic heterocycles. The van der Waals surface area contributed by atoms with Crippen molar-refractivity contribution < 1.29 is 0 Å². The van der Waals surface area contributed by atoms with Gasteiger partial charge in [-0.2, -0.15) is 0 Å². The zero-order valence-electron chi connectivity index (χ0n) is 11.9. The van der Waals surface area contributed by atoms with Crippen molar-refractivity contribution in [2.45, 2.75) is 77.7 Å². The Morgan fingerprint density at radius 1 is 1.17 bits per heavy atom. The van der Waals surface area contributed by atoms with Crippen molar-refractivity contribution >= 4 is 0 Å². The van der Waals surface area contributed by atoms with E-state index in [1.54, 1.807) is 0 Å². The highest BCUT2D eigenvalue weighted by atomic mass is 15.3. The summed E-state index contributed by atoms with van der Waals surface area (Å²) in [5.41, 5.74) is 0. The van der Waals surface area contributed by atoms with Gasteiger partial charge in [0.1, 0.15) is 12.2 Å². The lowest BCUT2D eigenvalue weighted by Crippen LogP contribution is -2.17. The van der Waals surface area contributed by atoms with E-state index in [0.717, 1.165) is 18.9 Å². The Morgan fingerprint density at radius 2 is 1.94 bits per heavy atom. The van der Waals surface area contributed by atoms with Crippen molar-refractivity contribution in [2.24, 2.45) is 5.92 Å². The van der Waals surface area contributed by atoms with Crippen LogP contribution in [0.25, 0.3) is 0 Å². The molecule has 1 saturated carbocycles. The molecule has 102 valence electrons. The first-order valence-electron chi connectivity index (χ1n) is 7.72. The van der Waals surface area contributed by atoms with Gasteiger partial charge >= 0.3 is 0 Å². The van der Waals surface area contributed by atoms with Gasteiger partial charge in [0, 0.05) is 12.5 Å². The van der Waals surface area contributed by atoms with Crippen LogP contribution in [0.15, 0.2) is 6.33 Å². The van der Waals surface area contributed by atoms with E-state index in [1.165, 1.54) is 50.8 Å². The van der Waals surface area contributed by atoms with E-state index < -0.39 is 0 Å². The number of unbranched alkanes of at least 4 members (excludes halogenated alkanes) is 1. The molecule has 0 atom stereocenters. The fraction of sp³-hybridized carbons (Fsp3) is 0.867. The third kappa shape index (κ3) is 3.33. The first-order valence-corrected chi connectivity index (χ1v) is 7.72. The first-order chi connectivity index (χ1) is 8.85. The van der Waals surface area contributed by atoms with E-state index in [4.69, 9.17) is 0 Å². The number of aryl methyl sites for hydroxylation is 1. The Labute approximate surface area is 111 Å². The summed E-state index contributed by atoms with van der Waals surface area (Å²) in [5.74, 6) is 2.88. The standard InChI is InChI=1S/C15H27N3/c1-3-5-6-13-7-9-14(10-8-13)15-17-16-12-18(15)11-4-2/h12-14H,3-11H2,1-2H3. The zero-order chi connectivity index (χ0) is 12.8. The lowest BCUT2D eigenvalue weighted by Gasteiger charge is -2.28. The molecule has 18 heavy (non-hydrogen) atoms. The Hall–Kier alpha value is -0.860. The summed E-state index contributed by atoms with van der Waals surface area (Å²) in [4.78, 5) is 0. The van der Waals surface area contributed by atoms with Crippen LogP contribution in [-0.4, -0.2) is 14.8 Å². The molecule has 1 fully saturated rings. The Morgan fingerprint density at radius 3 is 2.61 bits per heavy atom. The number of hydrogen-bond acceptors (Lipinski definition) is 2. The van der Waals surface area contributed by atoms with Crippen LogP contribution in [0.3, 0.4) is 0 Å². The van der Waals surface area contributed by atoms with Gasteiger partial charge in [-0.3, -0.25) is 0 Å². The monoisotopic (exact) mass is 249 g/mol. The predicted molar refractivity (Wildman–Crippen MR) is 74.5 cm³/mol.